The average Bonchev–Trinajstić information content (AvgIpc) is 2.32. The lowest BCUT2D eigenvalue weighted by Crippen LogP contribution is -1.93. The molecule has 18 heavy (non-hydrogen) atoms. The number of para-hydroxylation sites is 1. The van der Waals surface area contributed by atoms with Crippen LogP contribution in [-0.4, -0.2) is 8.42 Å². The molecule has 0 bridgehead atoms. The molecule has 0 aliphatic carbocycles. The summed E-state index contributed by atoms with van der Waals surface area (Å²) in [6.45, 7) is 0. The van der Waals surface area contributed by atoms with Crippen molar-refractivity contribution in [1.29, 1.82) is 0 Å². The van der Waals surface area contributed by atoms with Gasteiger partial charge in [0.1, 0.15) is 11.5 Å². The Hall–Kier alpha value is -1.40. The molecule has 6 heteroatoms. The fraction of sp³-hybridized carbons (Fsp3) is 0. The van der Waals surface area contributed by atoms with Crippen LogP contribution in [-0.2, 0) is 10.2 Å². The molecular weight excluding hydrogens is 323 g/mol. The lowest BCUT2D eigenvalue weighted by atomic mass is 10.3. The van der Waals surface area contributed by atoms with Crippen LogP contribution in [0.2, 0.25) is 0 Å². The fourth-order valence-corrected chi connectivity index (χ4v) is 2.43. The highest BCUT2D eigenvalue weighted by molar-refractivity contribution is 9.10. The number of halogens is 2. The maximum absolute atomic E-state index is 12.8. The van der Waals surface area contributed by atoms with E-state index in [2.05, 4.69) is 15.9 Å². The number of ether oxygens (including phenoxy) is 1. The molecule has 0 radical (unpaired) electrons. The standard InChI is InChI=1S/C12H8BrFO3S/c13-11-8-10(18(14,15)16)6-7-12(11)17-9-4-2-1-3-5-9/h1-8H. The summed E-state index contributed by atoms with van der Waals surface area (Å²) in [5.41, 5.74) is 0. The zero-order valence-corrected chi connectivity index (χ0v) is 11.4. The van der Waals surface area contributed by atoms with Crippen molar-refractivity contribution in [3.63, 3.8) is 0 Å². The quantitative estimate of drug-likeness (QED) is 0.801. The summed E-state index contributed by atoms with van der Waals surface area (Å²) in [5.74, 6) is 1.02. The molecule has 2 aromatic carbocycles. The molecule has 2 rings (SSSR count). The van der Waals surface area contributed by atoms with Crippen LogP contribution in [0, 0.1) is 0 Å². The first-order valence-electron chi connectivity index (χ1n) is 4.94. The zero-order valence-electron chi connectivity index (χ0n) is 9.01. The molecule has 3 nitrogen and oxygen atoms in total. The van der Waals surface area contributed by atoms with Crippen LogP contribution in [0.3, 0.4) is 0 Å². The predicted molar refractivity (Wildman–Crippen MR) is 69.0 cm³/mol. The number of benzene rings is 2. The van der Waals surface area contributed by atoms with E-state index >= 15 is 0 Å². The highest BCUT2D eigenvalue weighted by atomic mass is 79.9. The lowest BCUT2D eigenvalue weighted by molar-refractivity contribution is 0.479. The van der Waals surface area contributed by atoms with Crippen molar-refractivity contribution in [3.05, 3.63) is 53.0 Å². The van der Waals surface area contributed by atoms with E-state index in [0.29, 0.717) is 16.0 Å². The van der Waals surface area contributed by atoms with Gasteiger partial charge in [-0.25, -0.2) is 0 Å². The Labute approximate surface area is 113 Å². The highest BCUT2D eigenvalue weighted by Gasteiger charge is 2.14. The van der Waals surface area contributed by atoms with Crippen molar-refractivity contribution in [3.8, 4) is 11.5 Å². The molecule has 0 saturated carbocycles. The minimum atomic E-state index is -4.70. The number of hydrogen-bond donors (Lipinski definition) is 0. The van der Waals surface area contributed by atoms with Gasteiger partial charge in [0, 0.05) is 0 Å². The summed E-state index contributed by atoms with van der Waals surface area (Å²) in [5, 5.41) is 0. The molecule has 0 aliphatic rings. The van der Waals surface area contributed by atoms with Gasteiger partial charge in [0.25, 0.3) is 0 Å². The van der Waals surface area contributed by atoms with Gasteiger partial charge < -0.3 is 4.74 Å². The van der Waals surface area contributed by atoms with Gasteiger partial charge in [-0.2, -0.15) is 8.42 Å². The van der Waals surface area contributed by atoms with Crippen LogP contribution < -0.4 is 4.74 Å². The monoisotopic (exact) mass is 330 g/mol. The van der Waals surface area contributed by atoms with Crippen LogP contribution in [0.15, 0.2) is 57.9 Å². The SMILES string of the molecule is O=S(=O)(F)c1ccc(Oc2ccccc2)c(Br)c1. The van der Waals surface area contributed by atoms with Gasteiger partial charge in [-0.05, 0) is 46.3 Å². The summed E-state index contributed by atoms with van der Waals surface area (Å²) < 4.78 is 40.1. The molecule has 0 atom stereocenters. The Bertz CT molecular complexity index is 656. The van der Waals surface area contributed by atoms with E-state index in [1.807, 2.05) is 18.2 Å². The number of rotatable bonds is 3. The van der Waals surface area contributed by atoms with Gasteiger partial charge in [-0.3, -0.25) is 0 Å². The normalized spacial score (nSPS) is 11.2. The predicted octanol–water partition coefficient (Wildman–Crippen LogP) is 3.90. The van der Waals surface area contributed by atoms with Crippen LogP contribution in [0.4, 0.5) is 3.89 Å². The highest BCUT2D eigenvalue weighted by Crippen LogP contribution is 2.31. The third-order valence-electron chi connectivity index (χ3n) is 2.16. The van der Waals surface area contributed by atoms with Crippen molar-refractivity contribution in [1.82, 2.24) is 0 Å². The van der Waals surface area contributed by atoms with Gasteiger partial charge in [-0.15, -0.1) is 3.89 Å². The first kappa shape index (κ1) is 13.0. The van der Waals surface area contributed by atoms with E-state index in [1.54, 1.807) is 12.1 Å². The molecule has 94 valence electrons. The molecule has 2 aromatic rings. The molecule has 0 aromatic heterocycles. The maximum Gasteiger partial charge on any atom is 0.332 e. The smallest absolute Gasteiger partial charge is 0.332 e. The molecule has 0 fully saturated rings. The molecule has 0 saturated heterocycles. The van der Waals surface area contributed by atoms with Crippen molar-refractivity contribution in [2.75, 3.05) is 0 Å². The molecule has 0 N–H and O–H groups in total. The van der Waals surface area contributed by atoms with E-state index < -0.39 is 15.1 Å². The van der Waals surface area contributed by atoms with E-state index in [9.17, 15) is 12.3 Å². The molecule has 0 unspecified atom stereocenters. The second-order valence-corrected chi connectivity index (χ2v) is 5.65. The average molecular weight is 331 g/mol. The summed E-state index contributed by atoms with van der Waals surface area (Å²) in [7, 11) is -4.70. The largest absolute Gasteiger partial charge is 0.456 e. The zero-order chi connectivity index (χ0) is 13.2. The summed E-state index contributed by atoms with van der Waals surface area (Å²) >= 11 is 3.14. The first-order valence-corrected chi connectivity index (χ1v) is 7.11. The topological polar surface area (TPSA) is 43.4 Å². The van der Waals surface area contributed by atoms with Gasteiger partial charge in [0.2, 0.25) is 0 Å². The molecule has 0 amide bonds. The minimum Gasteiger partial charge on any atom is -0.456 e. The van der Waals surface area contributed by atoms with Crippen molar-refractivity contribution >= 4 is 26.2 Å². The van der Waals surface area contributed by atoms with Gasteiger partial charge in [0.05, 0.1) is 9.37 Å². The van der Waals surface area contributed by atoms with E-state index in [0.717, 1.165) is 12.1 Å². The maximum atomic E-state index is 12.8. The van der Waals surface area contributed by atoms with Gasteiger partial charge in [-0.1, -0.05) is 18.2 Å². The van der Waals surface area contributed by atoms with Gasteiger partial charge in [0.15, 0.2) is 0 Å². The minimum absolute atomic E-state index is 0.366. The second-order valence-electron chi connectivity index (χ2n) is 3.45. The molecule has 0 aliphatic heterocycles. The van der Waals surface area contributed by atoms with Gasteiger partial charge >= 0.3 is 10.2 Å². The third-order valence-corrected chi connectivity index (χ3v) is 3.59. The van der Waals surface area contributed by atoms with Crippen LogP contribution in [0.25, 0.3) is 0 Å². The molecular formula is C12H8BrFO3S. The summed E-state index contributed by atoms with van der Waals surface area (Å²) in [4.78, 5) is -0.408. The summed E-state index contributed by atoms with van der Waals surface area (Å²) in [6, 6.07) is 12.7. The molecule has 0 spiro atoms. The Kier molecular flexibility index (Phi) is 3.68. The Balaban J connectivity index is 2.32. The van der Waals surface area contributed by atoms with Crippen LogP contribution >= 0.6 is 15.9 Å². The second kappa shape index (κ2) is 5.07. The van der Waals surface area contributed by atoms with Crippen molar-refractivity contribution in [2.24, 2.45) is 0 Å². The first-order chi connectivity index (χ1) is 8.47. The number of hydrogen-bond acceptors (Lipinski definition) is 3. The van der Waals surface area contributed by atoms with Crippen LogP contribution in [0.5, 0.6) is 11.5 Å². The third kappa shape index (κ3) is 3.08. The molecule has 0 heterocycles. The van der Waals surface area contributed by atoms with Crippen molar-refractivity contribution in [2.45, 2.75) is 4.90 Å². The van der Waals surface area contributed by atoms with Crippen molar-refractivity contribution < 1.29 is 17.0 Å². The Morgan fingerprint density at radius 1 is 1.06 bits per heavy atom. The van der Waals surface area contributed by atoms with E-state index in [4.69, 9.17) is 4.74 Å². The lowest BCUT2D eigenvalue weighted by Gasteiger charge is -2.08. The van der Waals surface area contributed by atoms with E-state index in [1.165, 1.54) is 6.07 Å². The Morgan fingerprint density at radius 3 is 2.28 bits per heavy atom. The fourth-order valence-electron chi connectivity index (χ4n) is 1.33. The Morgan fingerprint density at radius 2 is 1.72 bits per heavy atom. The van der Waals surface area contributed by atoms with Crippen LogP contribution in [0.1, 0.15) is 0 Å². The summed E-state index contributed by atoms with van der Waals surface area (Å²) in [6.07, 6.45) is 0. The van der Waals surface area contributed by atoms with E-state index in [-0.39, 0.29) is 0 Å².